The number of fused-ring (bicyclic) bond motifs is 1. The second kappa shape index (κ2) is 5.21. The Kier molecular flexibility index (Phi) is 4.31. The Morgan fingerprint density at radius 2 is 1.56 bits per heavy atom. The molecule has 2 aromatic rings. The van der Waals surface area contributed by atoms with Gasteiger partial charge in [0.1, 0.15) is 0 Å². The first-order chi connectivity index (χ1) is 8.09. The maximum absolute atomic E-state index is 8.49. The molecule has 18 heavy (non-hydrogen) atoms. The Morgan fingerprint density at radius 3 is 2.06 bits per heavy atom. The second-order valence-corrected chi connectivity index (χ2v) is 5.38. The average Bonchev–Trinajstić information content (AvgIpc) is 2.57. The summed E-state index contributed by atoms with van der Waals surface area (Å²) in [7, 11) is -4.94. The van der Waals surface area contributed by atoms with Gasteiger partial charge in [0, 0.05) is 26.8 Å². The van der Waals surface area contributed by atoms with Crippen LogP contribution in [0.4, 0.5) is 0 Å². The van der Waals surface area contributed by atoms with Crippen LogP contribution in [-0.4, -0.2) is 0 Å². The number of halogens is 1. The van der Waals surface area contributed by atoms with Gasteiger partial charge < -0.3 is 0 Å². The van der Waals surface area contributed by atoms with Crippen molar-refractivity contribution in [3.05, 3.63) is 30.5 Å². The Morgan fingerprint density at radius 1 is 1.06 bits per heavy atom. The molecule has 1 aromatic heterocycles. The largest absolute Gasteiger partial charge is 0.262 e. The molecule has 6 nitrogen and oxygen atoms in total. The SMILES string of the molecule is CC(C)(C)[n+]1occ2ccccc21.[O-][Cl+3]([O-])([O-])[O-]. The quantitative estimate of drug-likeness (QED) is 0.503. The van der Waals surface area contributed by atoms with Crippen molar-refractivity contribution in [1.29, 1.82) is 0 Å². The van der Waals surface area contributed by atoms with E-state index in [9.17, 15) is 0 Å². The minimum atomic E-state index is -4.94. The van der Waals surface area contributed by atoms with Crippen LogP contribution in [0.2, 0.25) is 0 Å². The molecule has 0 saturated carbocycles. The molecule has 0 fully saturated rings. The van der Waals surface area contributed by atoms with Gasteiger partial charge in [-0.15, -0.1) is 10.2 Å². The Labute approximate surface area is 106 Å². The van der Waals surface area contributed by atoms with Crippen LogP contribution in [0.3, 0.4) is 0 Å². The molecule has 100 valence electrons. The van der Waals surface area contributed by atoms with Crippen LogP contribution in [0.25, 0.3) is 10.9 Å². The molecular formula is C11H14ClNO5. The van der Waals surface area contributed by atoms with E-state index in [0.717, 1.165) is 10.9 Å². The summed E-state index contributed by atoms with van der Waals surface area (Å²) in [6.07, 6.45) is 1.79. The molecular weight excluding hydrogens is 262 g/mol. The van der Waals surface area contributed by atoms with E-state index in [1.807, 2.05) is 16.9 Å². The van der Waals surface area contributed by atoms with E-state index in [0.29, 0.717) is 0 Å². The molecule has 0 bridgehead atoms. The van der Waals surface area contributed by atoms with Crippen molar-refractivity contribution in [3.8, 4) is 0 Å². The third-order valence-corrected chi connectivity index (χ3v) is 2.05. The van der Waals surface area contributed by atoms with Gasteiger partial charge in [-0.3, -0.25) is 0 Å². The van der Waals surface area contributed by atoms with Crippen molar-refractivity contribution in [2.24, 2.45) is 0 Å². The predicted octanol–water partition coefficient (Wildman–Crippen LogP) is -2.28. The molecule has 0 radical (unpaired) electrons. The van der Waals surface area contributed by atoms with Gasteiger partial charge in [0.25, 0.3) is 5.52 Å². The van der Waals surface area contributed by atoms with Crippen molar-refractivity contribution in [2.75, 3.05) is 0 Å². The van der Waals surface area contributed by atoms with E-state index >= 15 is 0 Å². The van der Waals surface area contributed by atoms with E-state index in [4.69, 9.17) is 23.2 Å². The summed E-state index contributed by atoms with van der Waals surface area (Å²) in [6, 6.07) is 8.18. The van der Waals surface area contributed by atoms with Gasteiger partial charge in [0.2, 0.25) is 5.54 Å². The fourth-order valence-electron chi connectivity index (χ4n) is 1.46. The lowest BCUT2D eigenvalue weighted by atomic mass is 10.1. The van der Waals surface area contributed by atoms with Crippen LogP contribution in [0.1, 0.15) is 20.8 Å². The van der Waals surface area contributed by atoms with E-state index in [1.54, 1.807) is 6.26 Å². The highest BCUT2D eigenvalue weighted by Gasteiger charge is 2.28. The van der Waals surface area contributed by atoms with Gasteiger partial charge in [-0.1, -0.05) is 12.1 Å². The Balaban J connectivity index is 0.000000280. The number of aromatic nitrogens is 1. The molecule has 1 aromatic carbocycles. The van der Waals surface area contributed by atoms with E-state index in [1.165, 1.54) is 0 Å². The van der Waals surface area contributed by atoms with Crippen LogP contribution >= 0.6 is 0 Å². The Hall–Kier alpha value is -1.18. The highest BCUT2D eigenvalue weighted by molar-refractivity contribution is 5.73. The second-order valence-electron chi connectivity index (χ2n) is 4.63. The summed E-state index contributed by atoms with van der Waals surface area (Å²) in [5.74, 6) is 0. The monoisotopic (exact) mass is 275 g/mol. The van der Waals surface area contributed by atoms with Crippen molar-refractivity contribution >= 4 is 10.9 Å². The maximum atomic E-state index is 8.49. The first kappa shape index (κ1) is 14.9. The van der Waals surface area contributed by atoms with Crippen molar-refractivity contribution in [1.82, 2.24) is 0 Å². The summed E-state index contributed by atoms with van der Waals surface area (Å²) < 4.78 is 41.4. The lowest BCUT2D eigenvalue weighted by molar-refractivity contribution is -2.00. The zero-order valence-corrected chi connectivity index (χ0v) is 11.0. The number of hydrogen-bond acceptors (Lipinski definition) is 5. The van der Waals surface area contributed by atoms with Crippen LogP contribution in [0.5, 0.6) is 0 Å². The summed E-state index contributed by atoms with van der Waals surface area (Å²) >= 11 is 0. The summed E-state index contributed by atoms with van der Waals surface area (Å²) in [4.78, 5) is 0. The molecule has 0 atom stereocenters. The van der Waals surface area contributed by atoms with Crippen LogP contribution in [0, 0.1) is 10.2 Å². The van der Waals surface area contributed by atoms with Crippen LogP contribution in [0.15, 0.2) is 35.1 Å². The lowest BCUT2D eigenvalue weighted by Gasteiger charge is -2.17. The highest BCUT2D eigenvalue weighted by Crippen LogP contribution is 2.14. The molecule has 7 heteroatoms. The van der Waals surface area contributed by atoms with Gasteiger partial charge in [-0.25, -0.2) is 23.2 Å². The maximum Gasteiger partial charge on any atom is 0.262 e. The molecule has 0 aliphatic heterocycles. The normalized spacial score (nSPS) is 12.2. The van der Waals surface area contributed by atoms with Crippen LogP contribution in [-0.2, 0) is 5.54 Å². The Bertz CT molecular complexity index is 506. The summed E-state index contributed by atoms with van der Waals surface area (Å²) in [6.45, 7) is 6.38. The van der Waals surface area contributed by atoms with E-state index in [2.05, 4.69) is 32.9 Å². The number of nitrogens with zero attached hydrogens (tertiary/aromatic N) is 1. The zero-order chi connectivity index (χ0) is 14.0. The molecule has 0 aliphatic carbocycles. The van der Waals surface area contributed by atoms with Gasteiger partial charge in [-0.05, 0) is 10.8 Å². The molecule has 0 aliphatic rings. The predicted molar refractivity (Wildman–Crippen MR) is 51.4 cm³/mol. The summed E-state index contributed by atoms with van der Waals surface area (Å²) in [5.41, 5.74) is 1.15. The fraction of sp³-hybridized carbons (Fsp3) is 0.364. The van der Waals surface area contributed by atoms with E-state index in [-0.39, 0.29) is 5.54 Å². The van der Waals surface area contributed by atoms with E-state index < -0.39 is 10.2 Å². The fourth-order valence-corrected chi connectivity index (χ4v) is 1.46. The number of rotatable bonds is 0. The molecule has 0 spiro atoms. The molecule has 2 rings (SSSR count). The first-order valence-electron chi connectivity index (χ1n) is 5.10. The third-order valence-electron chi connectivity index (χ3n) is 2.05. The number of hydrogen-bond donors (Lipinski definition) is 0. The topological polar surface area (TPSA) is 109 Å². The number of para-hydroxylation sites is 1. The average molecular weight is 276 g/mol. The molecule has 0 amide bonds. The standard InChI is InChI=1S/C11H14NO.ClHO4/c1-11(2,3)12-10-7-5-4-6-9(10)8-13-12;2-1(3,4)5/h4-8H,1-3H3;(H,2,3,4,5)/q+1;/p-1. The van der Waals surface area contributed by atoms with Gasteiger partial charge in [-0.2, -0.15) is 0 Å². The minimum absolute atomic E-state index is 0.00308. The van der Waals surface area contributed by atoms with Gasteiger partial charge in [0.05, 0.1) is 5.39 Å². The number of benzene rings is 1. The van der Waals surface area contributed by atoms with Gasteiger partial charge in [0.15, 0.2) is 6.26 Å². The van der Waals surface area contributed by atoms with Crippen molar-refractivity contribution in [3.63, 3.8) is 0 Å². The van der Waals surface area contributed by atoms with Gasteiger partial charge >= 0.3 is 0 Å². The summed E-state index contributed by atoms with van der Waals surface area (Å²) in [5, 5.41) is 1.15. The zero-order valence-electron chi connectivity index (χ0n) is 10.3. The highest BCUT2D eigenvalue weighted by atomic mass is 35.7. The molecule has 0 saturated heterocycles. The molecule has 0 unspecified atom stereocenters. The van der Waals surface area contributed by atoms with Crippen molar-refractivity contribution < 1.29 is 38.1 Å². The minimum Gasteiger partial charge on any atom is -0.243 e. The van der Waals surface area contributed by atoms with Crippen LogP contribution < -0.4 is 23.4 Å². The molecule has 0 N–H and O–H groups in total. The molecule has 1 heterocycles. The lowest BCUT2D eigenvalue weighted by Crippen LogP contribution is -2.68. The first-order valence-corrected chi connectivity index (χ1v) is 6.33. The smallest absolute Gasteiger partial charge is 0.243 e. The third kappa shape index (κ3) is 4.59. The van der Waals surface area contributed by atoms with Crippen molar-refractivity contribution in [2.45, 2.75) is 26.3 Å².